The second kappa shape index (κ2) is 6.99. The molecule has 1 aliphatic heterocycles. The van der Waals surface area contributed by atoms with Crippen LogP contribution in [0.1, 0.15) is 25.5 Å². The van der Waals surface area contributed by atoms with Crippen LogP contribution in [0.3, 0.4) is 0 Å². The third-order valence-corrected chi connectivity index (χ3v) is 5.78. The lowest BCUT2D eigenvalue weighted by Crippen LogP contribution is -2.53. The number of hydrogen-bond donors (Lipinski definition) is 1. The average molecular weight is 331 g/mol. The first-order valence-electron chi connectivity index (χ1n) is 8.25. The van der Waals surface area contributed by atoms with Gasteiger partial charge >= 0.3 is 0 Å². The smallest absolute Gasteiger partial charge is 0.237 e. The minimum atomic E-state index is -0.0731. The first-order valence-corrected chi connectivity index (χ1v) is 9.13. The summed E-state index contributed by atoms with van der Waals surface area (Å²) in [6.07, 6.45) is 0. The maximum absolute atomic E-state index is 12.6. The molecule has 1 amide bonds. The zero-order chi connectivity index (χ0) is 16.4. The molecule has 0 saturated carbocycles. The Labute approximate surface area is 142 Å². The summed E-state index contributed by atoms with van der Waals surface area (Å²) in [7, 11) is 2.13. The molecular weight excluding hydrogens is 306 g/mol. The van der Waals surface area contributed by atoms with E-state index in [2.05, 4.69) is 58.7 Å². The summed E-state index contributed by atoms with van der Waals surface area (Å²) in [5, 5.41) is 6.61. The number of carbonyl (C=O) groups excluding carboxylic acids is 1. The second-order valence-electron chi connectivity index (χ2n) is 6.43. The van der Waals surface area contributed by atoms with Crippen molar-refractivity contribution in [2.45, 2.75) is 25.9 Å². The molecule has 1 saturated heterocycles. The minimum Gasteiger partial charge on any atom is -0.348 e. The lowest BCUT2D eigenvalue weighted by Gasteiger charge is -2.36. The molecule has 0 spiro atoms. The molecule has 1 N–H and O–H groups in total. The van der Waals surface area contributed by atoms with Gasteiger partial charge in [-0.1, -0.05) is 18.2 Å². The van der Waals surface area contributed by atoms with Gasteiger partial charge in [0.2, 0.25) is 5.91 Å². The van der Waals surface area contributed by atoms with Crippen LogP contribution in [0.15, 0.2) is 29.6 Å². The highest BCUT2D eigenvalue weighted by Gasteiger charge is 2.25. The normalized spacial score (nSPS) is 19.6. The largest absolute Gasteiger partial charge is 0.348 e. The summed E-state index contributed by atoms with van der Waals surface area (Å²) >= 11 is 1.74. The van der Waals surface area contributed by atoms with Gasteiger partial charge in [0.25, 0.3) is 0 Å². The SMILES string of the molecule is C[C@H](NC(=O)[C@H](C)N1CCN(C)CC1)c1csc2ccccc12. The number of piperazine rings is 1. The summed E-state index contributed by atoms with van der Waals surface area (Å²) in [6.45, 7) is 8.06. The molecule has 5 heteroatoms. The second-order valence-corrected chi connectivity index (χ2v) is 7.34. The Balaban J connectivity index is 1.65. The predicted molar refractivity (Wildman–Crippen MR) is 96.9 cm³/mol. The number of benzene rings is 1. The van der Waals surface area contributed by atoms with Gasteiger partial charge in [-0.15, -0.1) is 11.3 Å². The van der Waals surface area contributed by atoms with Crippen molar-refractivity contribution in [1.82, 2.24) is 15.1 Å². The fourth-order valence-electron chi connectivity index (χ4n) is 3.12. The van der Waals surface area contributed by atoms with Gasteiger partial charge in [0.05, 0.1) is 12.1 Å². The Morgan fingerprint density at radius 1 is 1.17 bits per heavy atom. The van der Waals surface area contributed by atoms with E-state index >= 15 is 0 Å². The highest BCUT2D eigenvalue weighted by molar-refractivity contribution is 7.17. The number of carbonyl (C=O) groups is 1. The predicted octanol–water partition coefficient (Wildman–Crippen LogP) is 2.71. The molecule has 2 aromatic rings. The number of thiophene rings is 1. The Morgan fingerprint density at radius 3 is 2.61 bits per heavy atom. The average Bonchev–Trinajstić information content (AvgIpc) is 2.99. The maximum Gasteiger partial charge on any atom is 0.237 e. The van der Waals surface area contributed by atoms with Crippen molar-refractivity contribution < 1.29 is 4.79 Å². The molecule has 0 unspecified atom stereocenters. The van der Waals surface area contributed by atoms with Crippen molar-refractivity contribution in [3.05, 3.63) is 35.2 Å². The summed E-state index contributed by atoms with van der Waals surface area (Å²) in [4.78, 5) is 17.2. The quantitative estimate of drug-likeness (QED) is 0.936. The number of nitrogens with zero attached hydrogens (tertiary/aromatic N) is 2. The van der Waals surface area contributed by atoms with Crippen molar-refractivity contribution in [3.63, 3.8) is 0 Å². The van der Waals surface area contributed by atoms with Gasteiger partial charge in [0.15, 0.2) is 0 Å². The summed E-state index contributed by atoms with van der Waals surface area (Å²) < 4.78 is 1.27. The molecule has 23 heavy (non-hydrogen) atoms. The molecule has 0 bridgehead atoms. The van der Waals surface area contributed by atoms with Crippen LogP contribution in [0.25, 0.3) is 10.1 Å². The van der Waals surface area contributed by atoms with Crippen LogP contribution >= 0.6 is 11.3 Å². The summed E-state index contributed by atoms with van der Waals surface area (Å²) in [5.74, 6) is 0.123. The monoisotopic (exact) mass is 331 g/mol. The molecule has 4 nitrogen and oxygen atoms in total. The molecule has 1 aromatic carbocycles. The zero-order valence-electron chi connectivity index (χ0n) is 14.1. The van der Waals surface area contributed by atoms with Crippen molar-refractivity contribution in [1.29, 1.82) is 0 Å². The van der Waals surface area contributed by atoms with E-state index in [0.717, 1.165) is 26.2 Å². The third-order valence-electron chi connectivity index (χ3n) is 4.80. The van der Waals surface area contributed by atoms with Crippen molar-refractivity contribution >= 4 is 27.3 Å². The molecule has 2 atom stereocenters. The van der Waals surface area contributed by atoms with Crippen molar-refractivity contribution in [2.75, 3.05) is 33.2 Å². The van der Waals surface area contributed by atoms with E-state index in [4.69, 9.17) is 0 Å². The fourth-order valence-corrected chi connectivity index (χ4v) is 4.18. The Kier molecular flexibility index (Phi) is 4.99. The van der Waals surface area contributed by atoms with Crippen molar-refractivity contribution in [3.8, 4) is 0 Å². The van der Waals surface area contributed by atoms with Crippen LogP contribution in [0.4, 0.5) is 0 Å². The van der Waals surface area contributed by atoms with Crippen LogP contribution in [-0.2, 0) is 4.79 Å². The van der Waals surface area contributed by atoms with Crippen LogP contribution < -0.4 is 5.32 Å². The van der Waals surface area contributed by atoms with Crippen LogP contribution in [0.2, 0.25) is 0 Å². The molecule has 0 aliphatic carbocycles. The fraction of sp³-hybridized carbons (Fsp3) is 0.500. The van der Waals surface area contributed by atoms with Gasteiger partial charge in [-0.3, -0.25) is 9.69 Å². The van der Waals surface area contributed by atoms with Gasteiger partial charge in [-0.05, 0) is 43.3 Å². The van der Waals surface area contributed by atoms with E-state index in [9.17, 15) is 4.79 Å². The van der Waals surface area contributed by atoms with E-state index in [1.807, 2.05) is 6.92 Å². The first kappa shape index (κ1) is 16.4. The minimum absolute atomic E-state index is 0.0357. The van der Waals surface area contributed by atoms with Gasteiger partial charge < -0.3 is 10.2 Å². The summed E-state index contributed by atoms with van der Waals surface area (Å²) in [5.41, 5.74) is 1.21. The number of nitrogens with one attached hydrogen (secondary N) is 1. The number of rotatable bonds is 4. The highest BCUT2D eigenvalue weighted by Crippen LogP contribution is 2.30. The maximum atomic E-state index is 12.6. The van der Waals surface area contributed by atoms with Crippen LogP contribution in [0, 0.1) is 0 Å². The van der Waals surface area contributed by atoms with Crippen molar-refractivity contribution in [2.24, 2.45) is 0 Å². The van der Waals surface area contributed by atoms with Gasteiger partial charge in [0.1, 0.15) is 0 Å². The molecule has 1 aliphatic rings. The molecule has 2 heterocycles. The van der Waals surface area contributed by atoms with Crippen LogP contribution in [-0.4, -0.2) is 55.0 Å². The molecule has 124 valence electrons. The molecule has 3 rings (SSSR count). The zero-order valence-corrected chi connectivity index (χ0v) is 14.9. The standard InChI is InChI=1S/C18H25N3OS/c1-13(16-12-23-17-7-5-4-6-15(16)17)19-18(22)14(2)21-10-8-20(3)9-11-21/h4-7,12-14H,8-11H2,1-3H3,(H,19,22)/t13-,14-/m0/s1. The number of hydrogen-bond acceptors (Lipinski definition) is 4. The van der Waals surface area contributed by atoms with Gasteiger partial charge in [-0.2, -0.15) is 0 Å². The van der Waals surface area contributed by atoms with Gasteiger partial charge in [0, 0.05) is 30.9 Å². The lowest BCUT2D eigenvalue weighted by molar-refractivity contribution is -0.127. The molecule has 1 fully saturated rings. The Morgan fingerprint density at radius 2 is 1.87 bits per heavy atom. The topological polar surface area (TPSA) is 35.6 Å². The molecule has 0 radical (unpaired) electrons. The van der Waals surface area contributed by atoms with E-state index in [1.54, 1.807) is 11.3 Å². The lowest BCUT2D eigenvalue weighted by atomic mass is 10.1. The third kappa shape index (κ3) is 3.57. The molecular formula is C18H25N3OS. The van der Waals surface area contributed by atoms with E-state index in [0.29, 0.717) is 0 Å². The van der Waals surface area contributed by atoms with E-state index in [-0.39, 0.29) is 18.0 Å². The van der Waals surface area contributed by atoms with E-state index in [1.165, 1.54) is 15.6 Å². The van der Waals surface area contributed by atoms with Crippen LogP contribution in [0.5, 0.6) is 0 Å². The Bertz CT molecular complexity index is 676. The number of fused-ring (bicyclic) bond motifs is 1. The number of amides is 1. The first-order chi connectivity index (χ1) is 11.1. The molecule has 1 aromatic heterocycles. The van der Waals surface area contributed by atoms with Gasteiger partial charge in [-0.25, -0.2) is 0 Å². The Hall–Kier alpha value is -1.43. The number of likely N-dealkylation sites (N-methyl/N-ethyl adjacent to an activating group) is 1. The van der Waals surface area contributed by atoms with E-state index < -0.39 is 0 Å². The highest BCUT2D eigenvalue weighted by atomic mass is 32.1. The summed E-state index contributed by atoms with van der Waals surface area (Å²) in [6, 6.07) is 8.34.